The second kappa shape index (κ2) is 6.78. The molecule has 5 nitrogen and oxygen atoms in total. The molecule has 28 heavy (non-hydrogen) atoms. The maximum atomic E-state index is 14.7. The maximum absolute atomic E-state index is 14.7. The molecule has 8 heteroatoms. The Bertz CT molecular complexity index is 1070. The summed E-state index contributed by atoms with van der Waals surface area (Å²) < 4.78 is 43.6. The highest BCUT2D eigenvalue weighted by atomic mass is 19.1. The number of hydrogen-bond acceptors (Lipinski definition) is 3. The summed E-state index contributed by atoms with van der Waals surface area (Å²) in [6.07, 6.45) is 3.44. The van der Waals surface area contributed by atoms with Crippen LogP contribution < -0.4 is 5.32 Å². The van der Waals surface area contributed by atoms with E-state index in [1.54, 1.807) is 20.2 Å². The number of nitrogens with one attached hydrogen (secondary N) is 1. The first-order valence-corrected chi connectivity index (χ1v) is 8.81. The molecule has 4 rings (SSSR count). The van der Waals surface area contributed by atoms with Crippen molar-refractivity contribution in [3.63, 3.8) is 0 Å². The van der Waals surface area contributed by atoms with Gasteiger partial charge in [-0.25, -0.2) is 13.2 Å². The Hall–Kier alpha value is -3.16. The van der Waals surface area contributed by atoms with Crippen molar-refractivity contribution in [2.45, 2.75) is 25.7 Å². The molecule has 0 atom stereocenters. The number of carbonyl (C=O) groups is 1. The number of aryl methyl sites for hydroxylation is 1. The van der Waals surface area contributed by atoms with Gasteiger partial charge >= 0.3 is 0 Å². The molecule has 1 fully saturated rings. The summed E-state index contributed by atoms with van der Waals surface area (Å²) in [6, 6.07) is 4.73. The van der Waals surface area contributed by atoms with Crippen LogP contribution in [-0.2, 0) is 7.05 Å². The summed E-state index contributed by atoms with van der Waals surface area (Å²) in [5.41, 5.74) is 1.28. The van der Waals surface area contributed by atoms with Crippen LogP contribution in [0.4, 0.5) is 18.9 Å². The molecule has 144 valence electrons. The summed E-state index contributed by atoms with van der Waals surface area (Å²) in [5, 5.41) is 6.28. The van der Waals surface area contributed by atoms with Gasteiger partial charge in [-0.1, -0.05) is 6.07 Å². The van der Waals surface area contributed by atoms with E-state index in [0.717, 1.165) is 25.0 Å². The molecule has 0 radical (unpaired) electrons. The molecular weight excluding hydrogens is 369 g/mol. The minimum Gasteiger partial charge on any atom is -0.316 e. The van der Waals surface area contributed by atoms with E-state index in [1.165, 1.54) is 16.8 Å². The van der Waals surface area contributed by atoms with Crippen molar-refractivity contribution in [1.29, 1.82) is 0 Å². The quantitative estimate of drug-likeness (QED) is 0.726. The number of anilines is 1. The highest BCUT2D eigenvalue weighted by molar-refractivity contribution is 6.03. The van der Waals surface area contributed by atoms with E-state index in [2.05, 4.69) is 15.4 Å². The molecule has 1 saturated carbocycles. The fraction of sp³-hybridized carbons (Fsp3) is 0.250. The lowest BCUT2D eigenvalue weighted by Crippen LogP contribution is -2.15. The van der Waals surface area contributed by atoms with Crippen LogP contribution in [-0.4, -0.2) is 20.7 Å². The number of rotatable bonds is 4. The summed E-state index contributed by atoms with van der Waals surface area (Å²) in [6.45, 7) is 1.65. The average molecular weight is 386 g/mol. The minimum atomic E-state index is -0.887. The standard InChI is InChI=1S/C20H17F3N4O/c1-10-12(9-24-18(17(10)23)11-6-7-11)16-8-15(26-27(16)2)20(28)25-19-13(21)4-3-5-14(19)22/h3-5,8-9,11H,6-7H2,1-2H3,(H,25,28). The van der Waals surface area contributed by atoms with Crippen LogP contribution in [0.15, 0.2) is 30.5 Å². The van der Waals surface area contributed by atoms with Gasteiger partial charge in [0.25, 0.3) is 5.91 Å². The van der Waals surface area contributed by atoms with Crippen LogP contribution in [0.25, 0.3) is 11.3 Å². The van der Waals surface area contributed by atoms with Gasteiger partial charge in [0, 0.05) is 24.7 Å². The summed E-state index contributed by atoms with van der Waals surface area (Å²) in [7, 11) is 1.60. The van der Waals surface area contributed by atoms with Crippen molar-refractivity contribution in [3.05, 3.63) is 64.9 Å². The third-order valence-corrected chi connectivity index (χ3v) is 4.84. The molecule has 1 aliphatic carbocycles. The van der Waals surface area contributed by atoms with Gasteiger partial charge in [0.2, 0.25) is 0 Å². The van der Waals surface area contributed by atoms with Gasteiger partial charge < -0.3 is 5.32 Å². The number of aromatic nitrogens is 3. The molecular formula is C20H17F3N4O. The Kier molecular flexibility index (Phi) is 4.41. The Morgan fingerprint density at radius 3 is 2.54 bits per heavy atom. The fourth-order valence-electron chi connectivity index (χ4n) is 3.12. The zero-order valence-electron chi connectivity index (χ0n) is 15.3. The normalized spacial score (nSPS) is 13.6. The van der Waals surface area contributed by atoms with Crippen LogP contribution in [0, 0.1) is 24.4 Å². The van der Waals surface area contributed by atoms with E-state index in [1.807, 2.05) is 0 Å². The zero-order chi connectivity index (χ0) is 20.0. The van der Waals surface area contributed by atoms with E-state index < -0.39 is 23.2 Å². The molecule has 0 bridgehead atoms. The number of para-hydroxylation sites is 1. The molecule has 1 N–H and O–H groups in total. The summed E-state index contributed by atoms with van der Waals surface area (Å²) in [4.78, 5) is 16.7. The second-order valence-corrected chi connectivity index (χ2v) is 6.86. The monoisotopic (exact) mass is 386 g/mol. The maximum Gasteiger partial charge on any atom is 0.276 e. The fourth-order valence-corrected chi connectivity index (χ4v) is 3.12. The van der Waals surface area contributed by atoms with Gasteiger partial charge in [0.1, 0.15) is 23.1 Å². The molecule has 1 aliphatic rings. The molecule has 2 heterocycles. The van der Waals surface area contributed by atoms with Gasteiger partial charge in [-0.3, -0.25) is 14.5 Å². The number of amides is 1. The molecule has 0 aliphatic heterocycles. The van der Waals surface area contributed by atoms with Crippen molar-refractivity contribution in [2.75, 3.05) is 5.32 Å². The van der Waals surface area contributed by atoms with Crippen molar-refractivity contribution < 1.29 is 18.0 Å². The molecule has 0 spiro atoms. The Balaban J connectivity index is 1.66. The number of nitrogens with zero attached hydrogens (tertiary/aromatic N) is 3. The zero-order valence-corrected chi connectivity index (χ0v) is 15.3. The molecule has 2 aromatic heterocycles. The molecule has 3 aromatic rings. The number of benzene rings is 1. The molecule has 1 amide bonds. The van der Waals surface area contributed by atoms with E-state index in [4.69, 9.17) is 0 Å². The van der Waals surface area contributed by atoms with Crippen molar-refractivity contribution in [1.82, 2.24) is 14.8 Å². The Morgan fingerprint density at radius 1 is 1.21 bits per heavy atom. The number of hydrogen-bond donors (Lipinski definition) is 1. The Labute approximate surface area is 159 Å². The molecule has 0 saturated heterocycles. The lowest BCUT2D eigenvalue weighted by atomic mass is 10.0. The van der Waals surface area contributed by atoms with Crippen LogP contribution in [0.3, 0.4) is 0 Å². The summed E-state index contributed by atoms with van der Waals surface area (Å²) >= 11 is 0. The second-order valence-electron chi connectivity index (χ2n) is 6.86. The SMILES string of the molecule is Cc1c(-c2cc(C(=O)Nc3c(F)cccc3F)nn2C)cnc(C2CC2)c1F. The van der Waals surface area contributed by atoms with E-state index in [0.29, 0.717) is 22.5 Å². The highest BCUT2D eigenvalue weighted by Crippen LogP contribution is 2.41. The first kappa shape index (κ1) is 18.2. The van der Waals surface area contributed by atoms with E-state index in [9.17, 15) is 18.0 Å². The smallest absolute Gasteiger partial charge is 0.276 e. The average Bonchev–Trinajstić information content (AvgIpc) is 3.42. The van der Waals surface area contributed by atoms with Crippen LogP contribution in [0.2, 0.25) is 0 Å². The first-order chi connectivity index (χ1) is 13.4. The third-order valence-electron chi connectivity index (χ3n) is 4.84. The highest BCUT2D eigenvalue weighted by Gasteiger charge is 2.30. The van der Waals surface area contributed by atoms with Gasteiger partial charge in [-0.05, 0) is 43.5 Å². The summed E-state index contributed by atoms with van der Waals surface area (Å²) in [5.74, 6) is -2.71. The number of pyridine rings is 1. The molecule has 0 unspecified atom stereocenters. The molecule has 1 aromatic carbocycles. The Morgan fingerprint density at radius 2 is 1.89 bits per heavy atom. The van der Waals surface area contributed by atoms with Crippen LogP contribution in [0.1, 0.15) is 40.5 Å². The predicted molar refractivity (Wildman–Crippen MR) is 97.4 cm³/mol. The topological polar surface area (TPSA) is 59.8 Å². The minimum absolute atomic E-state index is 0.0498. The lowest BCUT2D eigenvalue weighted by molar-refractivity contribution is 0.102. The third kappa shape index (κ3) is 3.15. The first-order valence-electron chi connectivity index (χ1n) is 8.81. The number of halogens is 3. The van der Waals surface area contributed by atoms with Crippen LogP contribution >= 0.6 is 0 Å². The largest absolute Gasteiger partial charge is 0.316 e. The van der Waals surface area contributed by atoms with Crippen molar-refractivity contribution in [2.24, 2.45) is 7.05 Å². The van der Waals surface area contributed by atoms with Crippen molar-refractivity contribution >= 4 is 11.6 Å². The number of carbonyl (C=O) groups excluding carboxylic acids is 1. The van der Waals surface area contributed by atoms with Gasteiger partial charge in [-0.2, -0.15) is 5.10 Å². The van der Waals surface area contributed by atoms with E-state index in [-0.39, 0.29) is 17.4 Å². The van der Waals surface area contributed by atoms with Gasteiger partial charge in [0.15, 0.2) is 5.69 Å². The van der Waals surface area contributed by atoms with Gasteiger partial charge in [-0.15, -0.1) is 0 Å². The van der Waals surface area contributed by atoms with Crippen LogP contribution in [0.5, 0.6) is 0 Å². The van der Waals surface area contributed by atoms with Crippen molar-refractivity contribution in [3.8, 4) is 11.3 Å². The predicted octanol–water partition coefficient (Wildman–Crippen LogP) is 4.34. The lowest BCUT2D eigenvalue weighted by Gasteiger charge is -2.09. The van der Waals surface area contributed by atoms with Gasteiger partial charge in [0.05, 0.1) is 11.4 Å². The van der Waals surface area contributed by atoms with E-state index >= 15 is 0 Å².